The minimum absolute atomic E-state index is 0.0228. The van der Waals surface area contributed by atoms with E-state index >= 15 is 0 Å². The van der Waals surface area contributed by atoms with Gasteiger partial charge in [-0.05, 0) is 42.5 Å². The summed E-state index contributed by atoms with van der Waals surface area (Å²) in [5, 5.41) is 14.1. The lowest BCUT2D eigenvalue weighted by molar-refractivity contribution is -0.384. The van der Waals surface area contributed by atoms with E-state index in [0.29, 0.717) is 16.6 Å². The fraction of sp³-hybridized carbons (Fsp3) is 0.0455. The van der Waals surface area contributed by atoms with Crippen LogP contribution in [0.5, 0.6) is 0 Å². The summed E-state index contributed by atoms with van der Waals surface area (Å²) in [6, 6.07) is 15.9. The topological polar surface area (TPSA) is 107 Å². The molecule has 0 atom stereocenters. The molecule has 1 aromatic heterocycles. The first-order valence-corrected chi connectivity index (χ1v) is 10.8. The fourth-order valence-electron chi connectivity index (χ4n) is 3.06. The Hall–Kier alpha value is -3.76. The third kappa shape index (κ3) is 4.86. The minimum atomic E-state index is -0.590. The Balaban J connectivity index is 1.62. The van der Waals surface area contributed by atoms with Gasteiger partial charge >= 0.3 is 0 Å². The number of aromatic nitrogens is 2. The predicted molar refractivity (Wildman–Crippen MR) is 125 cm³/mol. The lowest BCUT2D eigenvalue weighted by Crippen LogP contribution is -2.23. The molecule has 0 aliphatic heterocycles. The monoisotopic (exact) mass is 484 g/mol. The highest BCUT2D eigenvalue weighted by molar-refractivity contribution is 7.99. The number of benzene rings is 3. The molecule has 0 spiro atoms. The van der Waals surface area contributed by atoms with Gasteiger partial charge in [0.15, 0.2) is 5.16 Å². The summed E-state index contributed by atoms with van der Waals surface area (Å²) in [7, 11) is 0. The summed E-state index contributed by atoms with van der Waals surface area (Å²) in [5.74, 6) is -1.03. The number of carbonyl (C=O) groups excluding carboxylic acids is 1. The van der Waals surface area contributed by atoms with Gasteiger partial charge in [-0.2, -0.15) is 0 Å². The molecule has 0 aliphatic carbocycles. The van der Waals surface area contributed by atoms with Crippen LogP contribution in [0.2, 0.25) is 5.02 Å². The average molecular weight is 485 g/mol. The average Bonchev–Trinajstić information content (AvgIpc) is 2.80. The van der Waals surface area contributed by atoms with E-state index in [1.807, 2.05) is 0 Å². The largest absolute Gasteiger partial charge is 0.324 e. The van der Waals surface area contributed by atoms with Crippen LogP contribution < -0.4 is 10.9 Å². The molecule has 0 aliphatic rings. The Labute approximate surface area is 195 Å². The highest BCUT2D eigenvalue weighted by Crippen LogP contribution is 2.27. The molecular weight excluding hydrogens is 471 g/mol. The van der Waals surface area contributed by atoms with E-state index in [1.165, 1.54) is 41.0 Å². The van der Waals surface area contributed by atoms with Crippen molar-refractivity contribution in [1.29, 1.82) is 0 Å². The first-order chi connectivity index (χ1) is 15.8. The molecule has 0 saturated carbocycles. The van der Waals surface area contributed by atoms with Gasteiger partial charge in [-0.3, -0.25) is 24.3 Å². The fourth-order valence-corrected chi connectivity index (χ4v) is 4.10. The van der Waals surface area contributed by atoms with Gasteiger partial charge in [0.2, 0.25) is 5.91 Å². The van der Waals surface area contributed by atoms with E-state index in [4.69, 9.17) is 11.6 Å². The van der Waals surface area contributed by atoms with E-state index < -0.39 is 16.6 Å². The van der Waals surface area contributed by atoms with Crippen LogP contribution in [0.1, 0.15) is 0 Å². The first-order valence-electron chi connectivity index (χ1n) is 9.48. The van der Waals surface area contributed by atoms with E-state index in [1.54, 1.807) is 24.3 Å². The maximum atomic E-state index is 13.4. The number of amides is 1. The zero-order chi connectivity index (χ0) is 23.5. The second-order valence-corrected chi connectivity index (χ2v) is 8.14. The van der Waals surface area contributed by atoms with Crippen molar-refractivity contribution >= 4 is 51.5 Å². The van der Waals surface area contributed by atoms with Crippen LogP contribution in [-0.4, -0.2) is 26.1 Å². The highest BCUT2D eigenvalue weighted by Gasteiger charge is 2.16. The van der Waals surface area contributed by atoms with Gasteiger partial charge in [0.25, 0.3) is 11.2 Å². The van der Waals surface area contributed by atoms with Crippen molar-refractivity contribution in [3.05, 3.63) is 98.0 Å². The van der Waals surface area contributed by atoms with Crippen molar-refractivity contribution in [1.82, 2.24) is 9.55 Å². The summed E-state index contributed by atoms with van der Waals surface area (Å²) in [4.78, 5) is 40.4. The van der Waals surface area contributed by atoms with Crippen LogP contribution >= 0.6 is 23.4 Å². The minimum Gasteiger partial charge on any atom is -0.324 e. The maximum Gasteiger partial charge on any atom is 0.271 e. The molecule has 0 radical (unpaired) electrons. The summed E-state index contributed by atoms with van der Waals surface area (Å²) in [5.41, 5.74) is 0.531. The molecule has 0 bridgehead atoms. The number of thioether (sulfide) groups is 1. The van der Waals surface area contributed by atoms with E-state index in [9.17, 15) is 24.1 Å². The van der Waals surface area contributed by atoms with Crippen LogP contribution in [0.15, 0.2) is 76.7 Å². The summed E-state index contributed by atoms with van der Waals surface area (Å²) in [6.45, 7) is 0. The highest BCUT2D eigenvalue weighted by atomic mass is 35.5. The molecule has 3 aromatic carbocycles. The molecule has 0 fully saturated rings. The number of rotatable bonds is 6. The van der Waals surface area contributed by atoms with Crippen LogP contribution in [0.25, 0.3) is 16.6 Å². The second kappa shape index (κ2) is 9.39. The SMILES string of the molecule is O=C(CSc1nc2ccccc2c(=O)n1-c1ccc(F)cc1)Nc1ccc([N+](=O)[O-])cc1Cl. The van der Waals surface area contributed by atoms with Gasteiger partial charge in [-0.1, -0.05) is 35.5 Å². The Morgan fingerprint density at radius 1 is 1.15 bits per heavy atom. The van der Waals surface area contributed by atoms with Crippen molar-refractivity contribution in [3.63, 3.8) is 0 Å². The standard InChI is InChI=1S/C22H14ClFN4O4S/c23-17-11-15(28(31)32)9-10-19(17)25-20(29)12-33-22-26-18-4-2-1-3-16(18)21(30)27(22)14-7-5-13(24)6-8-14/h1-11H,12H2,(H,25,29). The van der Waals surface area contributed by atoms with Gasteiger partial charge in [0.05, 0.1) is 38.0 Å². The normalized spacial score (nSPS) is 10.8. The molecule has 4 rings (SSSR count). The second-order valence-electron chi connectivity index (χ2n) is 6.79. The van der Waals surface area contributed by atoms with Gasteiger partial charge < -0.3 is 5.32 Å². The Morgan fingerprint density at radius 2 is 1.88 bits per heavy atom. The molecule has 4 aromatic rings. The summed E-state index contributed by atoms with van der Waals surface area (Å²) < 4.78 is 14.7. The predicted octanol–water partition coefficient (Wildman–Crippen LogP) is 4.82. The van der Waals surface area contributed by atoms with Crippen LogP contribution in [0.3, 0.4) is 0 Å². The molecule has 11 heteroatoms. The smallest absolute Gasteiger partial charge is 0.271 e. The van der Waals surface area contributed by atoms with Crippen LogP contribution in [0.4, 0.5) is 15.8 Å². The Kier molecular flexibility index (Phi) is 6.38. The lowest BCUT2D eigenvalue weighted by atomic mass is 10.2. The van der Waals surface area contributed by atoms with Crippen LogP contribution in [-0.2, 0) is 4.79 Å². The van der Waals surface area contributed by atoms with Crippen LogP contribution in [0, 0.1) is 15.9 Å². The number of hydrogen-bond acceptors (Lipinski definition) is 6. The van der Waals surface area contributed by atoms with Gasteiger partial charge in [-0.15, -0.1) is 0 Å². The number of para-hydroxylation sites is 1. The number of carbonyl (C=O) groups is 1. The quantitative estimate of drug-likeness (QED) is 0.182. The third-order valence-electron chi connectivity index (χ3n) is 4.60. The van der Waals surface area contributed by atoms with E-state index in [2.05, 4.69) is 10.3 Å². The Morgan fingerprint density at radius 3 is 2.58 bits per heavy atom. The van der Waals surface area contributed by atoms with Gasteiger partial charge in [-0.25, -0.2) is 9.37 Å². The number of hydrogen-bond donors (Lipinski definition) is 1. The summed E-state index contributed by atoms with van der Waals surface area (Å²) >= 11 is 7.04. The van der Waals surface area contributed by atoms with Gasteiger partial charge in [0.1, 0.15) is 5.82 Å². The molecule has 1 amide bonds. The number of nitrogens with one attached hydrogen (secondary N) is 1. The zero-order valence-electron chi connectivity index (χ0n) is 16.7. The maximum absolute atomic E-state index is 13.4. The van der Waals surface area contributed by atoms with Crippen molar-refractivity contribution < 1.29 is 14.1 Å². The number of fused-ring (bicyclic) bond motifs is 1. The van der Waals surface area contributed by atoms with Crippen molar-refractivity contribution in [3.8, 4) is 5.69 Å². The number of nitrogens with zero attached hydrogens (tertiary/aromatic N) is 3. The molecule has 8 nitrogen and oxygen atoms in total. The number of non-ortho nitro benzene ring substituents is 1. The van der Waals surface area contributed by atoms with E-state index in [-0.39, 0.29) is 32.9 Å². The van der Waals surface area contributed by atoms with Crippen molar-refractivity contribution in [2.24, 2.45) is 0 Å². The van der Waals surface area contributed by atoms with Crippen molar-refractivity contribution in [2.45, 2.75) is 5.16 Å². The number of nitro benzene ring substituents is 1. The molecule has 0 saturated heterocycles. The van der Waals surface area contributed by atoms with Crippen molar-refractivity contribution in [2.75, 3.05) is 11.1 Å². The summed E-state index contributed by atoms with van der Waals surface area (Å²) in [6.07, 6.45) is 0. The van der Waals surface area contributed by atoms with Gasteiger partial charge in [0, 0.05) is 12.1 Å². The Bertz CT molecular complexity index is 1440. The number of nitro groups is 1. The number of anilines is 1. The number of halogens is 2. The molecule has 33 heavy (non-hydrogen) atoms. The molecule has 1 heterocycles. The lowest BCUT2D eigenvalue weighted by Gasteiger charge is -2.13. The van der Waals surface area contributed by atoms with E-state index in [0.717, 1.165) is 17.8 Å². The molecule has 166 valence electrons. The third-order valence-corrected chi connectivity index (χ3v) is 5.85. The molecule has 1 N–H and O–H groups in total. The zero-order valence-corrected chi connectivity index (χ0v) is 18.3. The molecular formula is C22H14ClFN4O4S. The molecule has 0 unspecified atom stereocenters. The first kappa shape index (κ1) is 22.4.